The molecule has 1 saturated heterocycles. The average Bonchev–Trinajstić information content (AvgIpc) is 2.81. The summed E-state index contributed by atoms with van der Waals surface area (Å²) in [4.78, 5) is 14.5. The lowest BCUT2D eigenvalue weighted by Gasteiger charge is -2.35. The van der Waals surface area contributed by atoms with Crippen molar-refractivity contribution in [3.63, 3.8) is 0 Å². The van der Waals surface area contributed by atoms with Crippen LogP contribution in [0.5, 0.6) is 0 Å². The first-order chi connectivity index (χ1) is 9.56. The van der Waals surface area contributed by atoms with E-state index in [1.807, 2.05) is 4.90 Å². The zero-order valence-electron chi connectivity index (χ0n) is 12.0. The van der Waals surface area contributed by atoms with E-state index in [9.17, 15) is 4.79 Å². The van der Waals surface area contributed by atoms with Gasteiger partial charge in [0.25, 0.3) is 5.91 Å². The summed E-state index contributed by atoms with van der Waals surface area (Å²) in [5.74, 6) is 0.242. The van der Waals surface area contributed by atoms with Gasteiger partial charge < -0.3 is 10.0 Å². The third kappa shape index (κ3) is 3.06. The molecule has 2 N–H and O–H groups in total. The van der Waals surface area contributed by atoms with Crippen molar-refractivity contribution in [3.8, 4) is 0 Å². The van der Waals surface area contributed by atoms with Gasteiger partial charge in [0.2, 0.25) is 0 Å². The number of piperidine rings is 1. The molecular formula is C14H22BrN3O2. The molecule has 5 nitrogen and oxygen atoms in total. The molecule has 1 amide bonds. The number of hydrogen-bond acceptors (Lipinski definition) is 3. The van der Waals surface area contributed by atoms with Gasteiger partial charge in [-0.2, -0.15) is 5.10 Å². The molecule has 0 radical (unpaired) electrons. The van der Waals surface area contributed by atoms with Gasteiger partial charge in [0.15, 0.2) is 5.69 Å². The van der Waals surface area contributed by atoms with Crippen LogP contribution < -0.4 is 0 Å². The van der Waals surface area contributed by atoms with Crippen LogP contribution in [0.15, 0.2) is 4.47 Å². The highest BCUT2D eigenvalue weighted by atomic mass is 79.9. The molecule has 2 rings (SSSR count). The van der Waals surface area contributed by atoms with Crippen LogP contribution in [-0.4, -0.2) is 45.3 Å². The minimum absolute atomic E-state index is 0.0434. The van der Waals surface area contributed by atoms with Crippen LogP contribution in [0, 0.1) is 0 Å². The topological polar surface area (TPSA) is 69.2 Å². The molecular weight excluding hydrogens is 322 g/mol. The van der Waals surface area contributed by atoms with E-state index in [0.29, 0.717) is 12.1 Å². The molecule has 20 heavy (non-hydrogen) atoms. The van der Waals surface area contributed by atoms with Crippen molar-refractivity contribution in [3.05, 3.63) is 15.9 Å². The van der Waals surface area contributed by atoms with Crippen LogP contribution in [0.25, 0.3) is 0 Å². The molecule has 2 heterocycles. The van der Waals surface area contributed by atoms with E-state index in [-0.39, 0.29) is 24.5 Å². The largest absolute Gasteiger partial charge is 0.396 e. The Morgan fingerprint density at radius 2 is 2.30 bits per heavy atom. The SMILES string of the molecule is CC(C)c1[nH]nc(C(=O)N2CCCCC2CCO)c1Br. The molecule has 1 aliphatic rings. The number of carbonyl (C=O) groups excluding carboxylic acids is 1. The molecule has 1 aromatic heterocycles. The minimum atomic E-state index is -0.0434. The molecule has 0 bridgehead atoms. The number of aliphatic hydroxyl groups is 1. The van der Waals surface area contributed by atoms with Crippen LogP contribution in [0.3, 0.4) is 0 Å². The van der Waals surface area contributed by atoms with Crippen LogP contribution in [0.1, 0.15) is 61.6 Å². The Bertz CT molecular complexity index is 471. The standard InChI is InChI=1S/C14H22BrN3O2/c1-9(2)12-11(15)13(17-16-12)14(20)18-7-4-3-5-10(18)6-8-19/h9-10,19H,3-8H2,1-2H3,(H,16,17). The third-order valence-corrected chi connectivity index (χ3v) is 4.67. The molecule has 0 saturated carbocycles. The fourth-order valence-corrected chi connectivity index (χ4v) is 3.52. The van der Waals surface area contributed by atoms with Gasteiger partial charge >= 0.3 is 0 Å². The molecule has 1 fully saturated rings. The molecule has 1 unspecified atom stereocenters. The van der Waals surface area contributed by atoms with E-state index in [4.69, 9.17) is 5.11 Å². The highest BCUT2D eigenvalue weighted by Gasteiger charge is 2.30. The normalized spacial score (nSPS) is 19.6. The Morgan fingerprint density at radius 1 is 1.55 bits per heavy atom. The minimum Gasteiger partial charge on any atom is -0.396 e. The first-order valence-electron chi connectivity index (χ1n) is 7.21. The highest BCUT2D eigenvalue weighted by molar-refractivity contribution is 9.10. The summed E-state index contributed by atoms with van der Waals surface area (Å²) in [6.07, 6.45) is 3.75. The Kier molecular flexibility index (Phi) is 5.21. The maximum atomic E-state index is 12.7. The smallest absolute Gasteiger partial charge is 0.275 e. The van der Waals surface area contributed by atoms with Crippen LogP contribution in [0.4, 0.5) is 0 Å². The Hall–Kier alpha value is -0.880. The number of H-pyrrole nitrogens is 1. The van der Waals surface area contributed by atoms with Crippen molar-refractivity contribution in [1.82, 2.24) is 15.1 Å². The van der Waals surface area contributed by atoms with Gasteiger partial charge in [-0.15, -0.1) is 0 Å². The second-order valence-electron chi connectivity index (χ2n) is 5.62. The average molecular weight is 344 g/mol. The molecule has 0 spiro atoms. The lowest BCUT2D eigenvalue weighted by molar-refractivity contribution is 0.0567. The van der Waals surface area contributed by atoms with Gasteiger partial charge in [-0.25, -0.2) is 0 Å². The van der Waals surface area contributed by atoms with Crippen molar-refractivity contribution in [2.45, 2.75) is 51.5 Å². The number of likely N-dealkylation sites (tertiary alicyclic amines) is 1. The first kappa shape index (κ1) is 15.5. The van der Waals surface area contributed by atoms with E-state index < -0.39 is 0 Å². The number of aromatic amines is 1. The monoisotopic (exact) mass is 343 g/mol. The summed E-state index contributed by atoms with van der Waals surface area (Å²) in [6.45, 7) is 4.98. The van der Waals surface area contributed by atoms with E-state index in [0.717, 1.165) is 36.0 Å². The van der Waals surface area contributed by atoms with E-state index in [1.54, 1.807) is 0 Å². The van der Waals surface area contributed by atoms with Crippen molar-refractivity contribution in [1.29, 1.82) is 0 Å². The number of rotatable bonds is 4. The number of aromatic nitrogens is 2. The molecule has 1 atom stereocenters. The number of aliphatic hydroxyl groups excluding tert-OH is 1. The van der Waals surface area contributed by atoms with Gasteiger partial charge in [0, 0.05) is 19.2 Å². The summed E-state index contributed by atoms with van der Waals surface area (Å²) >= 11 is 3.49. The van der Waals surface area contributed by atoms with Gasteiger partial charge in [-0.3, -0.25) is 9.89 Å². The Balaban J connectivity index is 2.21. The molecule has 1 aromatic rings. The van der Waals surface area contributed by atoms with E-state index in [2.05, 4.69) is 40.0 Å². The number of amides is 1. The second kappa shape index (κ2) is 6.72. The Labute approximate surface area is 127 Å². The molecule has 6 heteroatoms. The Morgan fingerprint density at radius 3 is 2.90 bits per heavy atom. The quantitative estimate of drug-likeness (QED) is 0.882. The number of carbonyl (C=O) groups is 1. The summed E-state index contributed by atoms with van der Waals surface area (Å²) in [7, 11) is 0. The highest BCUT2D eigenvalue weighted by Crippen LogP contribution is 2.28. The lowest BCUT2D eigenvalue weighted by Crippen LogP contribution is -2.44. The molecule has 0 aliphatic carbocycles. The fourth-order valence-electron chi connectivity index (χ4n) is 2.72. The molecule has 0 aromatic carbocycles. The molecule has 1 aliphatic heterocycles. The van der Waals surface area contributed by atoms with E-state index >= 15 is 0 Å². The second-order valence-corrected chi connectivity index (χ2v) is 6.41. The zero-order chi connectivity index (χ0) is 14.7. The number of nitrogens with zero attached hydrogens (tertiary/aromatic N) is 2. The van der Waals surface area contributed by atoms with E-state index in [1.165, 1.54) is 0 Å². The van der Waals surface area contributed by atoms with Crippen molar-refractivity contribution < 1.29 is 9.90 Å². The van der Waals surface area contributed by atoms with Crippen molar-refractivity contribution >= 4 is 21.8 Å². The summed E-state index contributed by atoms with van der Waals surface area (Å²) in [6, 6.07) is 0.132. The van der Waals surface area contributed by atoms with Crippen LogP contribution in [-0.2, 0) is 0 Å². The predicted molar refractivity (Wildman–Crippen MR) is 80.8 cm³/mol. The summed E-state index contributed by atoms with van der Waals surface area (Å²) < 4.78 is 0.769. The van der Waals surface area contributed by atoms with Crippen LogP contribution >= 0.6 is 15.9 Å². The fraction of sp³-hybridized carbons (Fsp3) is 0.714. The first-order valence-corrected chi connectivity index (χ1v) is 8.01. The maximum Gasteiger partial charge on any atom is 0.275 e. The number of hydrogen-bond donors (Lipinski definition) is 2. The van der Waals surface area contributed by atoms with Gasteiger partial charge in [0.05, 0.1) is 10.2 Å². The van der Waals surface area contributed by atoms with Gasteiger partial charge in [-0.1, -0.05) is 13.8 Å². The lowest BCUT2D eigenvalue weighted by atomic mass is 9.99. The molecule has 112 valence electrons. The van der Waals surface area contributed by atoms with Crippen LogP contribution in [0.2, 0.25) is 0 Å². The van der Waals surface area contributed by atoms with Gasteiger partial charge in [-0.05, 0) is 47.5 Å². The van der Waals surface area contributed by atoms with Gasteiger partial charge in [0.1, 0.15) is 0 Å². The number of halogens is 1. The van der Waals surface area contributed by atoms with Crippen molar-refractivity contribution in [2.24, 2.45) is 0 Å². The summed E-state index contributed by atoms with van der Waals surface area (Å²) in [5.41, 5.74) is 1.41. The van der Waals surface area contributed by atoms with Crippen molar-refractivity contribution in [2.75, 3.05) is 13.2 Å². The summed E-state index contributed by atoms with van der Waals surface area (Å²) in [5, 5.41) is 16.3. The zero-order valence-corrected chi connectivity index (χ0v) is 13.6. The maximum absolute atomic E-state index is 12.7. The third-order valence-electron chi connectivity index (χ3n) is 3.86. The number of nitrogens with one attached hydrogen (secondary N) is 1. The predicted octanol–water partition coefficient (Wildman–Crippen LogP) is 2.67.